The van der Waals surface area contributed by atoms with Crippen LogP contribution in [-0.2, 0) is 4.74 Å². The summed E-state index contributed by atoms with van der Waals surface area (Å²) < 4.78 is 4.46. The first kappa shape index (κ1) is 10.1. The lowest BCUT2D eigenvalue weighted by atomic mass is 9.95. The first-order valence-corrected chi connectivity index (χ1v) is 4.78. The van der Waals surface area contributed by atoms with Crippen LogP contribution in [0.5, 0.6) is 0 Å². The maximum atomic E-state index is 10.0. The molecule has 1 aliphatic rings. The molecule has 0 heterocycles. The van der Waals surface area contributed by atoms with Gasteiger partial charge < -0.3 is 14.6 Å². The van der Waals surface area contributed by atoms with E-state index in [1.165, 1.54) is 0 Å². The van der Waals surface area contributed by atoms with E-state index in [4.69, 9.17) is 0 Å². The minimum atomic E-state index is -1.40. The fourth-order valence-electron chi connectivity index (χ4n) is 1.59. The molecule has 0 aromatic carbocycles. The van der Waals surface area contributed by atoms with Gasteiger partial charge in [-0.05, 0) is 38.0 Å². The molecular formula is C10H15O3-. The quantitative estimate of drug-likeness (QED) is 0.481. The molecule has 0 aliphatic heterocycles. The Labute approximate surface area is 78.4 Å². The van der Waals surface area contributed by atoms with Crippen molar-refractivity contribution >= 4 is 6.16 Å². The highest BCUT2D eigenvalue weighted by Crippen LogP contribution is 2.18. The van der Waals surface area contributed by atoms with Crippen LogP contribution in [0.25, 0.3) is 0 Å². The highest BCUT2D eigenvalue weighted by Gasteiger charge is 2.08. The van der Waals surface area contributed by atoms with Crippen LogP contribution in [-0.4, -0.2) is 12.8 Å². The van der Waals surface area contributed by atoms with Gasteiger partial charge in [-0.2, -0.15) is 0 Å². The number of hydrogen-bond donors (Lipinski definition) is 0. The van der Waals surface area contributed by atoms with Crippen molar-refractivity contribution in [2.75, 3.05) is 6.61 Å². The summed E-state index contributed by atoms with van der Waals surface area (Å²) in [5.41, 5.74) is 0. The normalized spacial score (nSPS) is 23.2. The molecule has 13 heavy (non-hydrogen) atoms. The standard InChI is InChI=1S/C10H16O3/c11-10(12)13-8-9-6-4-2-1-3-5-7-9/h1-2,9H,3-8H2,(H,11,12)/p-1. The fraction of sp³-hybridized carbons (Fsp3) is 0.700. The first-order chi connectivity index (χ1) is 6.29. The van der Waals surface area contributed by atoms with Crippen LogP contribution in [0.2, 0.25) is 0 Å². The molecule has 1 aliphatic carbocycles. The summed E-state index contributed by atoms with van der Waals surface area (Å²) in [7, 11) is 0. The summed E-state index contributed by atoms with van der Waals surface area (Å²) >= 11 is 0. The van der Waals surface area contributed by atoms with Gasteiger partial charge in [0.25, 0.3) is 6.16 Å². The summed E-state index contributed by atoms with van der Waals surface area (Å²) in [6.07, 6.45) is 8.26. The average molecular weight is 183 g/mol. The molecule has 1 unspecified atom stereocenters. The summed E-state index contributed by atoms with van der Waals surface area (Å²) in [6, 6.07) is 0. The molecule has 0 N–H and O–H groups in total. The fourth-order valence-corrected chi connectivity index (χ4v) is 1.59. The highest BCUT2D eigenvalue weighted by atomic mass is 16.7. The van der Waals surface area contributed by atoms with Gasteiger partial charge in [0.15, 0.2) is 0 Å². The van der Waals surface area contributed by atoms with Gasteiger partial charge in [-0.25, -0.2) is 0 Å². The zero-order valence-electron chi connectivity index (χ0n) is 7.70. The Balaban J connectivity index is 2.23. The van der Waals surface area contributed by atoms with Gasteiger partial charge in [0.1, 0.15) is 0 Å². The van der Waals surface area contributed by atoms with Crippen LogP contribution in [0.1, 0.15) is 32.1 Å². The van der Waals surface area contributed by atoms with Gasteiger partial charge in [-0.1, -0.05) is 12.2 Å². The molecule has 3 nitrogen and oxygen atoms in total. The van der Waals surface area contributed by atoms with Crippen molar-refractivity contribution < 1.29 is 14.6 Å². The lowest BCUT2D eigenvalue weighted by Gasteiger charge is -2.19. The van der Waals surface area contributed by atoms with Crippen molar-refractivity contribution in [3.05, 3.63) is 12.2 Å². The number of carbonyl (C=O) groups is 1. The Kier molecular flexibility index (Phi) is 4.36. The third-order valence-corrected chi connectivity index (χ3v) is 2.33. The number of allylic oxidation sites excluding steroid dienone is 2. The zero-order chi connectivity index (χ0) is 9.52. The maximum absolute atomic E-state index is 10.0. The third-order valence-electron chi connectivity index (χ3n) is 2.33. The molecule has 0 fully saturated rings. The summed E-state index contributed by atoms with van der Waals surface area (Å²) in [5, 5.41) is 10.0. The largest absolute Gasteiger partial charge is 0.549 e. The zero-order valence-corrected chi connectivity index (χ0v) is 7.70. The minimum Gasteiger partial charge on any atom is -0.549 e. The number of carbonyl (C=O) groups excluding carboxylic acids is 1. The van der Waals surface area contributed by atoms with E-state index < -0.39 is 6.16 Å². The molecular weight excluding hydrogens is 168 g/mol. The van der Waals surface area contributed by atoms with Crippen LogP contribution < -0.4 is 5.11 Å². The van der Waals surface area contributed by atoms with E-state index in [0.29, 0.717) is 12.5 Å². The van der Waals surface area contributed by atoms with Crippen LogP contribution in [0.3, 0.4) is 0 Å². The van der Waals surface area contributed by atoms with Crippen molar-refractivity contribution in [1.29, 1.82) is 0 Å². The molecule has 1 rings (SSSR count). The Hall–Kier alpha value is -0.990. The second-order valence-electron chi connectivity index (χ2n) is 3.41. The molecule has 0 aromatic heterocycles. The van der Waals surface area contributed by atoms with Crippen LogP contribution in [0, 0.1) is 5.92 Å². The van der Waals surface area contributed by atoms with E-state index in [2.05, 4.69) is 16.9 Å². The Morgan fingerprint density at radius 1 is 1.38 bits per heavy atom. The summed E-state index contributed by atoms with van der Waals surface area (Å²) in [5.74, 6) is 0.378. The number of rotatable bonds is 2. The third kappa shape index (κ3) is 4.55. The summed E-state index contributed by atoms with van der Waals surface area (Å²) in [6.45, 7) is 0.302. The van der Waals surface area contributed by atoms with E-state index in [1.807, 2.05) is 0 Å². The molecule has 0 bridgehead atoms. The molecule has 1 atom stereocenters. The summed E-state index contributed by atoms with van der Waals surface area (Å²) in [4.78, 5) is 10.0. The van der Waals surface area contributed by atoms with Gasteiger partial charge in [0.2, 0.25) is 0 Å². The predicted octanol–water partition coefficient (Wildman–Crippen LogP) is 1.48. The monoisotopic (exact) mass is 183 g/mol. The molecule has 74 valence electrons. The van der Waals surface area contributed by atoms with E-state index in [1.54, 1.807) is 0 Å². The molecule has 0 saturated heterocycles. The van der Waals surface area contributed by atoms with Gasteiger partial charge in [0, 0.05) is 6.61 Å². The van der Waals surface area contributed by atoms with E-state index in [0.717, 1.165) is 32.1 Å². The SMILES string of the molecule is O=C([O-])OCC1CCC=CCCC1. The van der Waals surface area contributed by atoms with E-state index in [9.17, 15) is 9.90 Å². The number of ether oxygens (including phenoxy) is 1. The van der Waals surface area contributed by atoms with Crippen LogP contribution in [0.4, 0.5) is 4.79 Å². The average Bonchev–Trinajstić information content (AvgIpc) is 2.01. The van der Waals surface area contributed by atoms with Crippen LogP contribution >= 0.6 is 0 Å². The van der Waals surface area contributed by atoms with Crippen molar-refractivity contribution in [2.24, 2.45) is 5.92 Å². The van der Waals surface area contributed by atoms with Crippen molar-refractivity contribution in [3.8, 4) is 0 Å². The van der Waals surface area contributed by atoms with Gasteiger partial charge in [-0.15, -0.1) is 0 Å². The molecule has 0 saturated carbocycles. The van der Waals surface area contributed by atoms with E-state index in [-0.39, 0.29) is 0 Å². The Bertz CT molecular complexity index is 187. The van der Waals surface area contributed by atoms with E-state index >= 15 is 0 Å². The molecule has 0 aromatic rings. The van der Waals surface area contributed by atoms with Gasteiger partial charge in [0.05, 0.1) is 0 Å². The highest BCUT2D eigenvalue weighted by molar-refractivity contribution is 5.53. The molecule has 0 radical (unpaired) electrons. The van der Waals surface area contributed by atoms with Crippen molar-refractivity contribution in [3.63, 3.8) is 0 Å². The maximum Gasteiger partial charge on any atom is 0.251 e. The molecule has 3 heteroatoms. The smallest absolute Gasteiger partial charge is 0.251 e. The minimum absolute atomic E-state index is 0.302. The van der Waals surface area contributed by atoms with Crippen molar-refractivity contribution in [2.45, 2.75) is 32.1 Å². The second-order valence-corrected chi connectivity index (χ2v) is 3.41. The topological polar surface area (TPSA) is 49.4 Å². The lowest BCUT2D eigenvalue weighted by Crippen LogP contribution is -2.26. The van der Waals surface area contributed by atoms with Crippen molar-refractivity contribution in [1.82, 2.24) is 0 Å². The predicted molar refractivity (Wildman–Crippen MR) is 47.1 cm³/mol. The number of hydrogen-bond acceptors (Lipinski definition) is 3. The van der Waals surface area contributed by atoms with Crippen LogP contribution in [0.15, 0.2) is 12.2 Å². The second kappa shape index (κ2) is 5.62. The lowest BCUT2D eigenvalue weighted by molar-refractivity contribution is -0.283. The van der Waals surface area contributed by atoms with Gasteiger partial charge in [-0.3, -0.25) is 0 Å². The van der Waals surface area contributed by atoms with Gasteiger partial charge >= 0.3 is 0 Å². The Morgan fingerprint density at radius 3 is 2.92 bits per heavy atom. The first-order valence-electron chi connectivity index (χ1n) is 4.78. The number of carboxylic acid groups (broad SMARTS) is 1. The Morgan fingerprint density at radius 2 is 2.15 bits per heavy atom. The molecule has 0 amide bonds. The molecule has 0 spiro atoms.